The summed E-state index contributed by atoms with van der Waals surface area (Å²) in [5, 5.41) is 0. The molecule has 1 aromatic carbocycles. The van der Waals surface area contributed by atoms with Gasteiger partial charge in [0.2, 0.25) is 0 Å². The molecule has 0 radical (unpaired) electrons. The van der Waals surface area contributed by atoms with E-state index in [4.69, 9.17) is 14.2 Å². The molecule has 18 heavy (non-hydrogen) atoms. The summed E-state index contributed by atoms with van der Waals surface area (Å²) in [7, 11) is 1.65. The van der Waals surface area contributed by atoms with E-state index in [2.05, 4.69) is 0 Å². The zero-order valence-corrected chi connectivity index (χ0v) is 11.1. The van der Waals surface area contributed by atoms with Crippen LogP contribution in [0, 0.1) is 0 Å². The number of Topliss-reactive ketones (excluding diaryl/α,β-unsaturated/α-hetero) is 1. The number of methoxy groups -OCH3 is 1. The number of benzene rings is 1. The van der Waals surface area contributed by atoms with Crippen LogP contribution in [0.4, 0.5) is 0 Å². The predicted molar refractivity (Wildman–Crippen MR) is 69.2 cm³/mol. The molecule has 1 rings (SSSR count). The molecule has 0 bridgehead atoms. The minimum absolute atomic E-state index is 0.0540. The van der Waals surface area contributed by atoms with Crippen molar-refractivity contribution in [3.63, 3.8) is 0 Å². The second-order valence-corrected chi connectivity index (χ2v) is 4.07. The van der Waals surface area contributed by atoms with Crippen molar-refractivity contribution in [2.45, 2.75) is 20.0 Å². The first kappa shape index (κ1) is 14.7. The van der Waals surface area contributed by atoms with Crippen molar-refractivity contribution in [1.82, 2.24) is 0 Å². The maximum absolute atomic E-state index is 11.1. The van der Waals surface area contributed by atoms with Crippen molar-refractivity contribution in [3.05, 3.63) is 29.8 Å². The molecule has 0 N–H and O–H groups in total. The Bertz CT molecular complexity index is 359. The third-order valence-corrected chi connectivity index (χ3v) is 2.42. The molecular formula is C14H20O4. The first-order chi connectivity index (χ1) is 8.63. The lowest BCUT2D eigenvalue weighted by molar-refractivity contribution is -0.00214. The lowest BCUT2D eigenvalue weighted by Gasteiger charge is -2.12. The smallest absolute Gasteiger partial charge is 0.159 e. The number of ketones is 1. The van der Waals surface area contributed by atoms with Gasteiger partial charge in [-0.2, -0.15) is 0 Å². The van der Waals surface area contributed by atoms with E-state index in [1.807, 2.05) is 6.92 Å². The van der Waals surface area contributed by atoms with Crippen molar-refractivity contribution in [2.24, 2.45) is 0 Å². The normalized spacial score (nSPS) is 12.2. The van der Waals surface area contributed by atoms with Crippen molar-refractivity contribution >= 4 is 5.78 Å². The van der Waals surface area contributed by atoms with Crippen LogP contribution in [-0.2, 0) is 9.47 Å². The summed E-state index contributed by atoms with van der Waals surface area (Å²) in [5.41, 5.74) is 0.687. The van der Waals surface area contributed by atoms with E-state index in [1.54, 1.807) is 38.3 Å². The molecule has 0 saturated heterocycles. The summed E-state index contributed by atoms with van der Waals surface area (Å²) in [5.74, 6) is 0.793. The lowest BCUT2D eigenvalue weighted by Crippen LogP contribution is -2.18. The molecule has 100 valence electrons. The topological polar surface area (TPSA) is 44.8 Å². The molecular weight excluding hydrogens is 232 g/mol. The van der Waals surface area contributed by atoms with Crippen molar-refractivity contribution in [1.29, 1.82) is 0 Å². The fraction of sp³-hybridized carbons (Fsp3) is 0.500. The number of hydrogen-bond donors (Lipinski definition) is 0. The molecule has 0 spiro atoms. The van der Waals surface area contributed by atoms with E-state index in [9.17, 15) is 4.79 Å². The van der Waals surface area contributed by atoms with Crippen molar-refractivity contribution in [3.8, 4) is 5.75 Å². The summed E-state index contributed by atoms with van der Waals surface area (Å²) in [6.45, 7) is 5.06. The van der Waals surface area contributed by atoms with Crippen LogP contribution in [0.2, 0.25) is 0 Å². The molecule has 0 aliphatic rings. The van der Waals surface area contributed by atoms with Gasteiger partial charge in [0, 0.05) is 12.7 Å². The Morgan fingerprint density at radius 3 is 2.44 bits per heavy atom. The van der Waals surface area contributed by atoms with Crippen LogP contribution < -0.4 is 4.74 Å². The zero-order chi connectivity index (χ0) is 13.4. The van der Waals surface area contributed by atoms with Crippen molar-refractivity contribution < 1.29 is 19.0 Å². The molecule has 0 saturated carbocycles. The first-order valence-corrected chi connectivity index (χ1v) is 5.98. The second-order valence-electron chi connectivity index (χ2n) is 4.07. The van der Waals surface area contributed by atoms with E-state index in [0.29, 0.717) is 25.4 Å². The molecule has 0 aliphatic heterocycles. The zero-order valence-electron chi connectivity index (χ0n) is 11.1. The van der Waals surface area contributed by atoms with E-state index >= 15 is 0 Å². The number of rotatable bonds is 8. The highest BCUT2D eigenvalue weighted by Crippen LogP contribution is 2.12. The van der Waals surface area contributed by atoms with E-state index in [-0.39, 0.29) is 11.9 Å². The Morgan fingerprint density at radius 2 is 1.89 bits per heavy atom. The van der Waals surface area contributed by atoms with Gasteiger partial charge in [0.25, 0.3) is 0 Å². The molecule has 4 nitrogen and oxygen atoms in total. The highest BCUT2D eigenvalue weighted by Gasteiger charge is 2.02. The highest BCUT2D eigenvalue weighted by atomic mass is 16.5. The first-order valence-electron chi connectivity index (χ1n) is 5.98. The number of carbonyl (C=O) groups is 1. The standard InChI is InChI=1S/C14H20O4/c1-11(10-16-3)17-8-9-18-14-6-4-13(5-7-14)12(2)15/h4-7,11H,8-10H2,1-3H3/t11-/m0/s1. The molecule has 0 heterocycles. The van der Waals surface area contributed by atoms with Crippen LogP contribution in [0.5, 0.6) is 5.75 Å². The Morgan fingerprint density at radius 1 is 1.22 bits per heavy atom. The molecule has 0 amide bonds. The maximum atomic E-state index is 11.1. The van der Waals surface area contributed by atoms with Crippen LogP contribution in [0.25, 0.3) is 0 Å². The van der Waals surface area contributed by atoms with Gasteiger partial charge in [-0.3, -0.25) is 4.79 Å². The molecule has 4 heteroatoms. The lowest BCUT2D eigenvalue weighted by atomic mass is 10.1. The van der Waals surface area contributed by atoms with Gasteiger partial charge < -0.3 is 14.2 Å². The van der Waals surface area contributed by atoms with Crippen LogP contribution >= 0.6 is 0 Å². The van der Waals surface area contributed by atoms with Gasteiger partial charge in [-0.15, -0.1) is 0 Å². The highest BCUT2D eigenvalue weighted by molar-refractivity contribution is 5.94. The number of hydrogen-bond acceptors (Lipinski definition) is 4. The van der Waals surface area contributed by atoms with Gasteiger partial charge in [-0.25, -0.2) is 0 Å². The van der Waals surface area contributed by atoms with Crippen LogP contribution in [-0.4, -0.2) is 38.8 Å². The van der Waals surface area contributed by atoms with Crippen LogP contribution in [0.1, 0.15) is 24.2 Å². The Labute approximate surface area is 108 Å². The number of carbonyl (C=O) groups excluding carboxylic acids is 1. The van der Waals surface area contributed by atoms with Gasteiger partial charge in [0.15, 0.2) is 5.78 Å². The monoisotopic (exact) mass is 252 g/mol. The van der Waals surface area contributed by atoms with Crippen LogP contribution in [0.15, 0.2) is 24.3 Å². The minimum atomic E-state index is 0.0540. The quantitative estimate of drug-likeness (QED) is 0.526. The maximum Gasteiger partial charge on any atom is 0.159 e. The fourth-order valence-electron chi connectivity index (χ4n) is 1.48. The molecule has 0 aromatic heterocycles. The summed E-state index contributed by atoms with van der Waals surface area (Å²) in [6.07, 6.45) is 0.0682. The summed E-state index contributed by atoms with van der Waals surface area (Å²) in [4.78, 5) is 11.1. The summed E-state index contributed by atoms with van der Waals surface area (Å²) >= 11 is 0. The molecule has 0 fully saturated rings. The van der Waals surface area contributed by atoms with E-state index in [1.165, 1.54) is 0 Å². The third kappa shape index (κ3) is 5.29. The predicted octanol–water partition coefficient (Wildman–Crippen LogP) is 2.32. The summed E-state index contributed by atoms with van der Waals surface area (Å²) < 4.78 is 15.9. The molecule has 0 aliphatic carbocycles. The van der Waals surface area contributed by atoms with Gasteiger partial charge in [0.1, 0.15) is 12.4 Å². The van der Waals surface area contributed by atoms with Crippen molar-refractivity contribution in [2.75, 3.05) is 26.9 Å². The Balaban J connectivity index is 2.25. The van der Waals surface area contributed by atoms with E-state index in [0.717, 1.165) is 5.75 Å². The van der Waals surface area contributed by atoms with Gasteiger partial charge in [0.05, 0.1) is 19.3 Å². The Kier molecular flexibility index (Phi) is 6.39. The molecule has 1 aromatic rings. The van der Waals surface area contributed by atoms with Gasteiger partial charge >= 0.3 is 0 Å². The van der Waals surface area contributed by atoms with Gasteiger partial charge in [-0.05, 0) is 38.1 Å². The molecule has 1 atom stereocenters. The average Bonchev–Trinajstić information content (AvgIpc) is 2.35. The van der Waals surface area contributed by atoms with Gasteiger partial charge in [-0.1, -0.05) is 0 Å². The second kappa shape index (κ2) is 7.84. The van der Waals surface area contributed by atoms with E-state index < -0.39 is 0 Å². The Hall–Kier alpha value is -1.39. The minimum Gasteiger partial charge on any atom is -0.491 e. The number of ether oxygens (including phenoxy) is 3. The third-order valence-electron chi connectivity index (χ3n) is 2.42. The molecule has 0 unspecified atom stereocenters. The average molecular weight is 252 g/mol. The fourth-order valence-corrected chi connectivity index (χ4v) is 1.48. The largest absolute Gasteiger partial charge is 0.491 e. The summed E-state index contributed by atoms with van der Waals surface area (Å²) in [6, 6.07) is 7.09. The van der Waals surface area contributed by atoms with Crippen LogP contribution in [0.3, 0.4) is 0 Å². The SMILES string of the molecule is COC[C@H](C)OCCOc1ccc(C(C)=O)cc1.